The van der Waals surface area contributed by atoms with Gasteiger partial charge in [-0.25, -0.2) is 0 Å². The van der Waals surface area contributed by atoms with Gasteiger partial charge in [0.15, 0.2) is 0 Å². The molecule has 0 aliphatic heterocycles. The predicted molar refractivity (Wildman–Crippen MR) is 231 cm³/mol. The van der Waals surface area contributed by atoms with E-state index in [1.54, 1.807) is 12.2 Å². The maximum Gasteiger partial charge on any atom is 0.0386 e. The summed E-state index contributed by atoms with van der Waals surface area (Å²) in [7, 11) is 0. The van der Waals surface area contributed by atoms with Crippen LogP contribution in [0.2, 0.25) is 0 Å². The number of anilines is 1. The number of hydrogen-bond donors (Lipinski definition) is 1. The van der Waals surface area contributed by atoms with Gasteiger partial charge in [0.25, 0.3) is 0 Å². The number of benzene rings is 5. The van der Waals surface area contributed by atoms with E-state index in [2.05, 4.69) is 184 Å². The largest absolute Gasteiger partial charge is 0.362 e. The quantitative estimate of drug-likeness (QED) is 0.124. The lowest BCUT2D eigenvalue weighted by Crippen LogP contribution is -2.09. The first-order valence-corrected chi connectivity index (χ1v) is 18.6. The number of rotatable bonds is 8. The van der Waals surface area contributed by atoms with Crippen LogP contribution in [0, 0.1) is 5.92 Å². The fraction of sp³-hybridized carbons (Fsp3) is 0.115. The van der Waals surface area contributed by atoms with E-state index in [-0.39, 0.29) is 0 Å². The Morgan fingerprint density at radius 2 is 1.32 bits per heavy atom. The Hall–Kier alpha value is -6.18. The molecule has 1 N–H and O–H groups in total. The highest BCUT2D eigenvalue weighted by Gasteiger charge is 2.21. The molecule has 0 radical (unpaired) electrons. The van der Waals surface area contributed by atoms with Gasteiger partial charge < -0.3 is 5.32 Å². The van der Waals surface area contributed by atoms with E-state index in [1.807, 2.05) is 18.4 Å². The summed E-state index contributed by atoms with van der Waals surface area (Å²) in [6, 6.07) is 39.7. The number of hydrogen-bond acceptors (Lipinski definition) is 1. The van der Waals surface area contributed by atoms with Gasteiger partial charge in [-0.3, -0.25) is 0 Å². The molecule has 5 aromatic rings. The van der Waals surface area contributed by atoms with Crippen LogP contribution in [0.15, 0.2) is 189 Å². The van der Waals surface area contributed by atoms with Crippen molar-refractivity contribution in [3.8, 4) is 22.3 Å². The van der Waals surface area contributed by atoms with Crippen molar-refractivity contribution < 1.29 is 0 Å². The first-order valence-electron chi connectivity index (χ1n) is 18.6. The SMILES string of the molecule is C/C(=C\c1ccc2c(c1)-c1ccccc1C2)c1ccccc1C1C=CC=CC1C.C=C/C=C\C=C1/Cc2ccc(N/C=C/C=C)cc2-c2ccccc21. The fourth-order valence-electron chi connectivity index (χ4n) is 7.79. The molecule has 3 aliphatic rings. The highest BCUT2D eigenvalue weighted by Crippen LogP contribution is 2.41. The number of allylic oxidation sites excluding steroid dienone is 12. The summed E-state index contributed by atoms with van der Waals surface area (Å²) in [5.41, 5.74) is 18.7. The fourth-order valence-corrected chi connectivity index (χ4v) is 7.79. The topological polar surface area (TPSA) is 12.0 Å². The minimum absolute atomic E-state index is 0.437. The normalized spacial score (nSPS) is 17.5. The van der Waals surface area contributed by atoms with E-state index in [4.69, 9.17) is 0 Å². The molecular formula is C52H47N. The molecule has 0 fully saturated rings. The third-order valence-electron chi connectivity index (χ3n) is 10.4. The summed E-state index contributed by atoms with van der Waals surface area (Å²) in [4.78, 5) is 0. The Morgan fingerprint density at radius 1 is 0.642 bits per heavy atom. The van der Waals surface area contributed by atoms with Crippen molar-refractivity contribution in [2.45, 2.75) is 32.6 Å². The standard InChI is InChI=1S/C29H26.C23H21N/c1-20-9-3-5-11-25(20)28-14-8-7-12-26(28)21(2)17-22-15-16-24-19-23-10-4-6-13-27(23)29(24)18-22;1-3-5-7-10-18-16-19-13-14-20(24-15-6-4-2)17-23(19)22-12-9-8-11-21(18)22/h3-18,20,25H,19H2,1-2H3;3-15,17,24H,1-2,16H2/b21-17+;7-5-,15-6+,18-10+. The molecule has 260 valence electrons. The van der Waals surface area contributed by atoms with Crippen LogP contribution >= 0.6 is 0 Å². The van der Waals surface area contributed by atoms with Gasteiger partial charge >= 0.3 is 0 Å². The Balaban J connectivity index is 0.000000168. The van der Waals surface area contributed by atoms with E-state index >= 15 is 0 Å². The lowest BCUT2D eigenvalue weighted by Gasteiger charge is -2.24. The second kappa shape index (κ2) is 16.4. The lowest BCUT2D eigenvalue weighted by atomic mass is 9.80. The van der Waals surface area contributed by atoms with Crippen LogP contribution in [0.4, 0.5) is 5.69 Å². The summed E-state index contributed by atoms with van der Waals surface area (Å²) in [5, 5.41) is 3.29. The van der Waals surface area contributed by atoms with Crippen molar-refractivity contribution in [3.05, 3.63) is 228 Å². The minimum atomic E-state index is 0.437. The molecule has 1 heteroatoms. The van der Waals surface area contributed by atoms with E-state index in [0.29, 0.717) is 11.8 Å². The van der Waals surface area contributed by atoms with Crippen molar-refractivity contribution in [1.82, 2.24) is 0 Å². The van der Waals surface area contributed by atoms with Crippen molar-refractivity contribution in [1.29, 1.82) is 0 Å². The smallest absolute Gasteiger partial charge is 0.0386 e. The molecule has 0 bridgehead atoms. The average Bonchev–Trinajstić information content (AvgIpc) is 3.57. The highest BCUT2D eigenvalue weighted by atomic mass is 14.8. The summed E-state index contributed by atoms with van der Waals surface area (Å²) in [6.45, 7) is 12.0. The molecule has 1 nitrogen and oxygen atoms in total. The molecule has 0 heterocycles. The molecule has 2 atom stereocenters. The van der Waals surface area contributed by atoms with Crippen molar-refractivity contribution in [2.75, 3.05) is 5.32 Å². The second-order valence-corrected chi connectivity index (χ2v) is 14.0. The first kappa shape index (κ1) is 35.2. The summed E-state index contributed by atoms with van der Waals surface area (Å²) in [6.07, 6.45) is 26.9. The van der Waals surface area contributed by atoms with Gasteiger partial charge in [-0.2, -0.15) is 0 Å². The minimum Gasteiger partial charge on any atom is -0.362 e. The maximum atomic E-state index is 3.73. The van der Waals surface area contributed by atoms with Gasteiger partial charge in [0, 0.05) is 17.8 Å². The zero-order valence-corrected chi connectivity index (χ0v) is 30.8. The molecule has 5 aromatic carbocycles. The Kier molecular flexibility index (Phi) is 10.9. The third kappa shape index (κ3) is 7.86. The van der Waals surface area contributed by atoms with Crippen LogP contribution in [-0.4, -0.2) is 0 Å². The molecule has 0 spiro atoms. The highest BCUT2D eigenvalue weighted by molar-refractivity contribution is 5.90. The van der Waals surface area contributed by atoms with Crippen molar-refractivity contribution >= 4 is 22.9 Å². The van der Waals surface area contributed by atoms with Crippen molar-refractivity contribution in [2.24, 2.45) is 5.92 Å². The van der Waals surface area contributed by atoms with Gasteiger partial charge in [-0.05, 0) is 122 Å². The van der Waals surface area contributed by atoms with Crippen molar-refractivity contribution in [3.63, 3.8) is 0 Å². The molecule has 0 saturated carbocycles. The van der Waals surface area contributed by atoms with Crippen LogP contribution in [0.3, 0.4) is 0 Å². The van der Waals surface area contributed by atoms with Gasteiger partial charge in [-0.1, -0.05) is 172 Å². The zero-order valence-electron chi connectivity index (χ0n) is 30.8. The Labute approximate surface area is 316 Å². The summed E-state index contributed by atoms with van der Waals surface area (Å²) in [5.74, 6) is 0.955. The molecule has 8 rings (SSSR count). The molecular weight excluding hydrogens is 639 g/mol. The van der Waals surface area contributed by atoms with Gasteiger partial charge in [0.05, 0.1) is 0 Å². The summed E-state index contributed by atoms with van der Waals surface area (Å²) < 4.78 is 0. The predicted octanol–water partition coefficient (Wildman–Crippen LogP) is 13.8. The molecule has 0 aromatic heterocycles. The van der Waals surface area contributed by atoms with E-state index in [1.165, 1.54) is 72.3 Å². The Morgan fingerprint density at radius 3 is 2.15 bits per heavy atom. The molecule has 53 heavy (non-hydrogen) atoms. The van der Waals surface area contributed by atoms with Crippen LogP contribution in [0.1, 0.15) is 58.7 Å². The van der Waals surface area contributed by atoms with Crippen LogP contribution < -0.4 is 5.32 Å². The molecule has 3 aliphatic carbocycles. The van der Waals surface area contributed by atoms with Gasteiger partial charge in [0.1, 0.15) is 0 Å². The van der Waals surface area contributed by atoms with Crippen LogP contribution in [0.5, 0.6) is 0 Å². The van der Waals surface area contributed by atoms with E-state index in [0.717, 1.165) is 18.5 Å². The second-order valence-electron chi connectivity index (χ2n) is 14.0. The Bertz CT molecular complexity index is 2340. The van der Waals surface area contributed by atoms with Crippen LogP contribution in [-0.2, 0) is 12.8 Å². The van der Waals surface area contributed by atoms with Crippen LogP contribution in [0.25, 0.3) is 39.5 Å². The number of nitrogens with one attached hydrogen (secondary N) is 1. The third-order valence-corrected chi connectivity index (χ3v) is 10.4. The van der Waals surface area contributed by atoms with E-state index in [9.17, 15) is 0 Å². The average molecular weight is 686 g/mol. The molecule has 2 unspecified atom stereocenters. The monoisotopic (exact) mass is 685 g/mol. The maximum absolute atomic E-state index is 3.73. The van der Waals surface area contributed by atoms with Gasteiger partial charge in [-0.15, -0.1) is 0 Å². The van der Waals surface area contributed by atoms with Gasteiger partial charge in [0.2, 0.25) is 0 Å². The summed E-state index contributed by atoms with van der Waals surface area (Å²) >= 11 is 0. The first-order chi connectivity index (χ1) is 26.0. The molecule has 0 amide bonds. The zero-order chi connectivity index (χ0) is 36.6. The van der Waals surface area contributed by atoms with E-state index < -0.39 is 0 Å². The molecule has 0 saturated heterocycles. The lowest BCUT2D eigenvalue weighted by molar-refractivity contribution is 0.634. The number of fused-ring (bicyclic) bond motifs is 6.